The fourth-order valence-corrected chi connectivity index (χ4v) is 4.84. The molecule has 3 rings (SSSR count). The highest BCUT2D eigenvalue weighted by atomic mass is 32.2. The highest BCUT2D eigenvalue weighted by Gasteiger charge is 2.17. The second-order valence-electron chi connectivity index (χ2n) is 7.27. The van der Waals surface area contributed by atoms with E-state index in [1.807, 2.05) is 36.4 Å². The maximum atomic E-state index is 12.9. The summed E-state index contributed by atoms with van der Waals surface area (Å²) in [6.45, 7) is 4.90. The van der Waals surface area contributed by atoms with E-state index < -0.39 is 5.91 Å². The summed E-state index contributed by atoms with van der Waals surface area (Å²) in [5.41, 5.74) is 9.71. The van der Waals surface area contributed by atoms with E-state index in [0.29, 0.717) is 22.6 Å². The van der Waals surface area contributed by atoms with Crippen LogP contribution in [-0.2, 0) is 22.6 Å². The van der Waals surface area contributed by atoms with Crippen molar-refractivity contribution in [1.82, 2.24) is 15.1 Å². The number of hydrogen-bond donors (Lipinski definition) is 2. The van der Waals surface area contributed by atoms with E-state index in [2.05, 4.69) is 41.5 Å². The van der Waals surface area contributed by atoms with Crippen molar-refractivity contribution in [3.05, 3.63) is 65.2 Å². The highest BCUT2D eigenvalue weighted by molar-refractivity contribution is 8.01. The quantitative estimate of drug-likeness (QED) is 0.409. The molecule has 2 amide bonds. The summed E-state index contributed by atoms with van der Waals surface area (Å²) in [7, 11) is 0. The van der Waals surface area contributed by atoms with E-state index in [4.69, 9.17) is 5.73 Å². The summed E-state index contributed by atoms with van der Waals surface area (Å²) in [5.74, 6) is -0.284. The molecule has 0 fully saturated rings. The van der Waals surface area contributed by atoms with Crippen molar-refractivity contribution in [2.75, 3.05) is 17.6 Å². The number of benzene rings is 2. The second-order valence-corrected chi connectivity index (χ2v) is 9.47. The molecule has 0 aliphatic heterocycles. The summed E-state index contributed by atoms with van der Waals surface area (Å²) in [6.07, 6.45) is 1.05. The number of nitrogens with two attached hydrogens (primary N) is 1. The normalized spacial score (nSPS) is 10.7. The van der Waals surface area contributed by atoms with Gasteiger partial charge in [-0.05, 0) is 30.0 Å². The number of para-hydroxylation sites is 1. The first-order valence-corrected chi connectivity index (χ1v) is 12.2. The van der Waals surface area contributed by atoms with Crippen molar-refractivity contribution in [2.45, 2.75) is 37.6 Å². The summed E-state index contributed by atoms with van der Waals surface area (Å²) < 4.78 is 0.710. The van der Waals surface area contributed by atoms with Crippen LogP contribution in [0.1, 0.15) is 30.0 Å². The van der Waals surface area contributed by atoms with Crippen molar-refractivity contribution in [1.29, 1.82) is 0 Å². The van der Waals surface area contributed by atoms with Gasteiger partial charge >= 0.3 is 0 Å². The molecule has 168 valence electrons. The first kappa shape index (κ1) is 23.7. The van der Waals surface area contributed by atoms with E-state index in [9.17, 15) is 9.59 Å². The van der Waals surface area contributed by atoms with E-state index in [1.54, 1.807) is 4.90 Å². The van der Waals surface area contributed by atoms with Crippen molar-refractivity contribution < 1.29 is 9.59 Å². The molecule has 0 aliphatic carbocycles. The highest BCUT2D eigenvalue weighted by Crippen LogP contribution is 2.30. The molecule has 1 heterocycles. The Hall–Kier alpha value is -2.91. The second kappa shape index (κ2) is 11.6. The van der Waals surface area contributed by atoms with Crippen LogP contribution in [0.2, 0.25) is 0 Å². The number of nitrogens with zero attached hydrogens (tertiary/aromatic N) is 3. The number of thioether (sulfide) groups is 1. The number of primary amides is 1. The number of rotatable bonds is 11. The average Bonchev–Trinajstić information content (AvgIpc) is 3.24. The molecule has 0 atom stereocenters. The minimum Gasteiger partial charge on any atom is -0.370 e. The lowest BCUT2D eigenvalue weighted by Gasteiger charge is -2.22. The Morgan fingerprint density at radius 1 is 1.12 bits per heavy atom. The van der Waals surface area contributed by atoms with Crippen LogP contribution in [0.15, 0.2) is 52.9 Å². The monoisotopic (exact) mass is 469 g/mol. The van der Waals surface area contributed by atoms with E-state index >= 15 is 0 Å². The van der Waals surface area contributed by atoms with Crippen LogP contribution in [0.3, 0.4) is 0 Å². The molecule has 9 heteroatoms. The molecule has 0 radical (unpaired) electrons. The Morgan fingerprint density at radius 2 is 1.91 bits per heavy atom. The lowest BCUT2D eigenvalue weighted by atomic mass is 10.1. The maximum Gasteiger partial charge on any atom is 0.233 e. The fraction of sp³-hybridized carbons (Fsp3) is 0.304. The molecule has 0 spiro atoms. The Morgan fingerprint density at radius 3 is 2.62 bits per heavy atom. The summed E-state index contributed by atoms with van der Waals surface area (Å²) in [4.78, 5) is 25.8. The van der Waals surface area contributed by atoms with Crippen LogP contribution in [0.25, 0.3) is 0 Å². The predicted octanol–water partition coefficient (Wildman–Crippen LogP) is 4.15. The van der Waals surface area contributed by atoms with Crippen LogP contribution < -0.4 is 11.1 Å². The molecule has 0 saturated carbocycles. The molecule has 32 heavy (non-hydrogen) atoms. The lowest BCUT2D eigenvalue weighted by molar-refractivity contribution is -0.129. The van der Waals surface area contributed by atoms with Gasteiger partial charge in [0.1, 0.15) is 0 Å². The minimum atomic E-state index is -0.425. The van der Waals surface area contributed by atoms with Gasteiger partial charge in [0.05, 0.1) is 5.75 Å². The number of anilines is 2. The summed E-state index contributed by atoms with van der Waals surface area (Å²) in [5, 5.41) is 12.5. The topological polar surface area (TPSA) is 101 Å². The van der Waals surface area contributed by atoms with Gasteiger partial charge in [0.15, 0.2) is 4.34 Å². The van der Waals surface area contributed by atoms with Crippen molar-refractivity contribution in [3.63, 3.8) is 0 Å². The van der Waals surface area contributed by atoms with Gasteiger partial charge in [-0.3, -0.25) is 9.59 Å². The smallest absolute Gasteiger partial charge is 0.233 e. The Bertz CT molecular complexity index is 1060. The predicted molar refractivity (Wildman–Crippen MR) is 130 cm³/mol. The molecular weight excluding hydrogens is 442 g/mol. The number of amides is 2. The lowest BCUT2D eigenvalue weighted by Crippen LogP contribution is -2.34. The Balaban J connectivity index is 1.61. The van der Waals surface area contributed by atoms with Gasteiger partial charge in [0, 0.05) is 25.2 Å². The third-order valence-corrected chi connectivity index (χ3v) is 6.85. The molecule has 0 unspecified atom stereocenters. The molecule has 2 aromatic carbocycles. The van der Waals surface area contributed by atoms with E-state index in [1.165, 1.54) is 28.7 Å². The van der Waals surface area contributed by atoms with Gasteiger partial charge in [-0.2, -0.15) is 0 Å². The van der Waals surface area contributed by atoms with E-state index in [0.717, 1.165) is 23.2 Å². The summed E-state index contributed by atoms with van der Waals surface area (Å²) >= 11 is 2.76. The van der Waals surface area contributed by atoms with Gasteiger partial charge in [0.25, 0.3) is 0 Å². The van der Waals surface area contributed by atoms with Crippen LogP contribution in [0, 0.1) is 6.92 Å². The number of hydrogen-bond acceptors (Lipinski definition) is 7. The van der Waals surface area contributed by atoms with Gasteiger partial charge in [-0.1, -0.05) is 78.6 Å². The number of nitrogens with one attached hydrogen (secondary N) is 1. The molecule has 7 nitrogen and oxygen atoms in total. The van der Waals surface area contributed by atoms with Crippen molar-refractivity contribution in [2.24, 2.45) is 5.73 Å². The maximum absolute atomic E-state index is 12.9. The number of aryl methyl sites for hydroxylation is 2. The van der Waals surface area contributed by atoms with Gasteiger partial charge in [-0.15, -0.1) is 10.2 Å². The van der Waals surface area contributed by atoms with Crippen LogP contribution >= 0.6 is 23.1 Å². The third kappa shape index (κ3) is 6.80. The largest absolute Gasteiger partial charge is 0.370 e. The first-order valence-electron chi connectivity index (χ1n) is 10.4. The zero-order valence-corrected chi connectivity index (χ0v) is 19.8. The third-order valence-electron chi connectivity index (χ3n) is 4.89. The number of aromatic nitrogens is 2. The van der Waals surface area contributed by atoms with Gasteiger partial charge in [0.2, 0.25) is 16.9 Å². The van der Waals surface area contributed by atoms with Crippen LogP contribution in [0.5, 0.6) is 0 Å². The fourth-order valence-electron chi connectivity index (χ4n) is 3.18. The first-order chi connectivity index (χ1) is 15.5. The van der Waals surface area contributed by atoms with Crippen LogP contribution in [0.4, 0.5) is 10.8 Å². The average molecular weight is 470 g/mol. The number of carbonyl (C=O) groups excluding carboxylic acids is 2. The standard InChI is InChI=1S/C23H27N5O2S2/c1-3-18-11-7-8-16(2)21(18)25-22-26-27-23(32-22)31-15-20(30)28(13-12-19(24)29)14-17-9-5-4-6-10-17/h4-11H,3,12-15H2,1-2H3,(H2,24,29)(H,25,26). The zero-order chi connectivity index (χ0) is 22.9. The van der Waals surface area contributed by atoms with Gasteiger partial charge < -0.3 is 16.0 Å². The Labute approximate surface area is 196 Å². The van der Waals surface area contributed by atoms with Crippen molar-refractivity contribution in [3.8, 4) is 0 Å². The molecular formula is C23H27N5O2S2. The molecule has 1 aromatic heterocycles. The molecule has 3 N–H and O–H groups in total. The zero-order valence-electron chi connectivity index (χ0n) is 18.2. The molecule has 0 saturated heterocycles. The van der Waals surface area contributed by atoms with E-state index in [-0.39, 0.29) is 18.1 Å². The van der Waals surface area contributed by atoms with Gasteiger partial charge in [-0.25, -0.2) is 0 Å². The number of carbonyl (C=O) groups is 2. The van der Waals surface area contributed by atoms with Crippen molar-refractivity contribution >= 4 is 45.7 Å². The summed E-state index contributed by atoms with van der Waals surface area (Å²) in [6, 6.07) is 15.9. The molecule has 3 aromatic rings. The molecule has 0 aliphatic rings. The molecule has 0 bridgehead atoms. The Kier molecular flexibility index (Phi) is 8.64. The SMILES string of the molecule is CCc1cccc(C)c1Nc1nnc(SCC(=O)N(CCC(N)=O)Cc2ccccc2)s1. The van der Waals surface area contributed by atoms with Crippen LogP contribution in [-0.4, -0.2) is 39.2 Å². The minimum absolute atomic E-state index is 0.0722.